The SMILES string of the molecule is CC(C)(C)OC(=O)OC(=O)C(C(=O)OC(C)(C)C)c1cccs1. The second-order valence-corrected chi connectivity index (χ2v) is 7.85. The zero-order valence-electron chi connectivity index (χ0n) is 14.2. The van der Waals surface area contributed by atoms with Gasteiger partial charge in [0.05, 0.1) is 0 Å². The summed E-state index contributed by atoms with van der Waals surface area (Å²) in [6.45, 7) is 10.00. The van der Waals surface area contributed by atoms with Crippen molar-refractivity contribution in [3.63, 3.8) is 0 Å². The van der Waals surface area contributed by atoms with E-state index in [4.69, 9.17) is 9.47 Å². The molecule has 0 N–H and O–H groups in total. The molecule has 1 aromatic heterocycles. The third-order valence-electron chi connectivity index (χ3n) is 2.28. The van der Waals surface area contributed by atoms with Crippen LogP contribution in [0.4, 0.5) is 4.79 Å². The van der Waals surface area contributed by atoms with E-state index in [-0.39, 0.29) is 0 Å². The van der Waals surface area contributed by atoms with E-state index in [0.29, 0.717) is 4.88 Å². The van der Waals surface area contributed by atoms with Crippen molar-refractivity contribution in [1.29, 1.82) is 0 Å². The van der Waals surface area contributed by atoms with Gasteiger partial charge >= 0.3 is 18.1 Å². The topological polar surface area (TPSA) is 78.9 Å². The predicted octanol–water partition coefficient (Wildman–Crippen LogP) is 3.65. The first-order valence-electron chi connectivity index (χ1n) is 7.10. The second-order valence-electron chi connectivity index (χ2n) is 6.87. The third-order valence-corrected chi connectivity index (χ3v) is 3.22. The Morgan fingerprint density at radius 1 is 0.957 bits per heavy atom. The Balaban J connectivity index is 2.91. The molecule has 1 rings (SSSR count). The molecule has 0 spiro atoms. The van der Waals surface area contributed by atoms with Gasteiger partial charge in [-0.15, -0.1) is 11.3 Å². The Morgan fingerprint density at radius 2 is 1.52 bits per heavy atom. The first kappa shape index (κ1) is 19.2. The summed E-state index contributed by atoms with van der Waals surface area (Å²) < 4.78 is 14.8. The number of carbonyl (C=O) groups excluding carboxylic acids is 3. The van der Waals surface area contributed by atoms with E-state index in [1.54, 1.807) is 59.1 Å². The van der Waals surface area contributed by atoms with Crippen LogP contribution >= 0.6 is 11.3 Å². The molecule has 1 unspecified atom stereocenters. The van der Waals surface area contributed by atoms with Crippen LogP contribution in [0.5, 0.6) is 0 Å². The van der Waals surface area contributed by atoms with E-state index in [1.807, 2.05) is 0 Å². The van der Waals surface area contributed by atoms with Crippen LogP contribution in [0.3, 0.4) is 0 Å². The van der Waals surface area contributed by atoms with Crippen LogP contribution < -0.4 is 0 Å². The molecule has 1 aromatic rings. The molecule has 128 valence electrons. The van der Waals surface area contributed by atoms with Crippen molar-refractivity contribution in [2.45, 2.75) is 58.7 Å². The van der Waals surface area contributed by atoms with Crippen LogP contribution in [-0.4, -0.2) is 29.3 Å². The lowest BCUT2D eigenvalue weighted by Gasteiger charge is -2.23. The van der Waals surface area contributed by atoms with Crippen molar-refractivity contribution in [2.75, 3.05) is 0 Å². The van der Waals surface area contributed by atoms with Crippen LogP contribution in [0.2, 0.25) is 0 Å². The third kappa shape index (κ3) is 6.81. The highest BCUT2D eigenvalue weighted by atomic mass is 32.1. The number of ether oxygens (including phenoxy) is 3. The van der Waals surface area contributed by atoms with Gasteiger partial charge in [-0.25, -0.2) is 4.79 Å². The quantitative estimate of drug-likeness (QED) is 0.616. The highest BCUT2D eigenvalue weighted by Crippen LogP contribution is 2.26. The molecule has 0 aliphatic carbocycles. The molecule has 0 aliphatic rings. The molecule has 0 fully saturated rings. The van der Waals surface area contributed by atoms with Crippen LogP contribution in [0.25, 0.3) is 0 Å². The highest BCUT2D eigenvalue weighted by Gasteiger charge is 2.37. The molecule has 0 aromatic carbocycles. The van der Waals surface area contributed by atoms with E-state index in [0.717, 1.165) is 0 Å². The van der Waals surface area contributed by atoms with Gasteiger partial charge in [-0.05, 0) is 53.0 Å². The molecule has 0 bridgehead atoms. The Morgan fingerprint density at radius 3 is 1.96 bits per heavy atom. The van der Waals surface area contributed by atoms with Gasteiger partial charge in [-0.1, -0.05) is 6.07 Å². The molecule has 0 saturated carbocycles. The summed E-state index contributed by atoms with van der Waals surface area (Å²) >= 11 is 1.20. The summed E-state index contributed by atoms with van der Waals surface area (Å²) in [6, 6.07) is 3.30. The van der Waals surface area contributed by atoms with E-state index < -0.39 is 35.2 Å². The number of rotatable bonds is 3. The fourth-order valence-corrected chi connectivity index (χ4v) is 2.36. The minimum Gasteiger partial charge on any atom is -0.459 e. The van der Waals surface area contributed by atoms with E-state index in [2.05, 4.69) is 4.74 Å². The maximum absolute atomic E-state index is 12.3. The first-order chi connectivity index (χ1) is 10.4. The van der Waals surface area contributed by atoms with Crippen molar-refractivity contribution in [1.82, 2.24) is 0 Å². The number of thiophene rings is 1. The summed E-state index contributed by atoms with van der Waals surface area (Å²) in [4.78, 5) is 36.6. The van der Waals surface area contributed by atoms with Gasteiger partial charge in [0.1, 0.15) is 11.2 Å². The summed E-state index contributed by atoms with van der Waals surface area (Å²) in [7, 11) is 0. The van der Waals surface area contributed by atoms with E-state index in [1.165, 1.54) is 11.3 Å². The van der Waals surface area contributed by atoms with Crippen molar-refractivity contribution < 1.29 is 28.6 Å². The number of carbonyl (C=O) groups is 3. The summed E-state index contributed by atoms with van der Waals surface area (Å²) in [5.74, 6) is -3.11. The molecule has 0 saturated heterocycles. The van der Waals surface area contributed by atoms with Gasteiger partial charge in [0.15, 0.2) is 5.92 Å². The normalized spacial score (nSPS) is 13.1. The van der Waals surface area contributed by atoms with Gasteiger partial charge in [0, 0.05) is 4.88 Å². The highest BCUT2D eigenvalue weighted by molar-refractivity contribution is 7.10. The molecule has 0 radical (unpaired) electrons. The fraction of sp³-hybridized carbons (Fsp3) is 0.562. The summed E-state index contributed by atoms with van der Waals surface area (Å²) in [5, 5.41) is 1.72. The van der Waals surface area contributed by atoms with Crippen LogP contribution in [-0.2, 0) is 23.8 Å². The van der Waals surface area contributed by atoms with E-state index in [9.17, 15) is 14.4 Å². The van der Waals surface area contributed by atoms with Gasteiger partial charge < -0.3 is 14.2 Å². The number of hydrogen-bond donors (Lipinski definition) is 0. The average molecular weight is 342 g/mol. The molecule has 1 atom stereocenters. The molecule has 7 heteroatoms. The number of hydrogen-bond acceptors (Lipinski definition) is 7. The standard InChI is InChI=1S/C16H22O6S/c1-15(2,3)21-13(18)11(10-8-7-9-23-10)12(17)20-14(19)22-16(4,5)6/h7-9,11H,1-6H3. The van der Waals surface area contributed by atoms with Gasteiger partial charge in [-0.3, -0.25) is 9.59 Å². The zero-order valence-corrected chi connectivity index (χ0v) is 15.0. The van der Waals surface area contributed by atoms with Gasteiger partial charge in [-0.2, -0.15) is 0 Å². The molecule has 0 aliphatic heterocycles. The molecule has 0 amide bonds. The lowest BCUT2D eigenvalue weighted by molar-refractivity contribution is -0.163. The average Bonchev–Trinajstić information content (AvgIpc) is 2.76. The summed E-state index contributed by atoms with van der Waals surface area (Å²) in [5.41, 5.74) is -1.57. The second kappa shape index (κ2) is 7.12. The minimum atomic E-state index is -1.32. The molecule has 1 heterocycles. The maximum Gasteiger partial charge on any atom is 0.516 e. The van der Waals surface area contributed by atoms with Gasteiger partial charge in [0.25, 0.3) is 0 Å². The largest absolute Gasteiger partial charge is 0.516 e. The molecular weight excluding hydrogens is 320 g/mol. The van der Waals surface area contributed by atoms with E-state index >= 15 is 0 Å². The van der Waals surface area contributed by atoms with Gasteiger partial charge in [0.2, 0.25) is 0 Å². The van der Waals surface area contributed by atoms with Crippen LogP contribution in [0.1, 0.15) is 52.3 Å². The molecule has 23 heavy (non-hydrogen) atoms. The monoisotopic (exact) mass is 342 g/mol. The molecule has 6 nitrogen and oxygen atoms in total. The fourth-order valence-electron chi connectivity index (χ4n) is 1.56. The maximum atomic E-state index is 12.3. The zero-order chi connectivity index (χ0) is 17.8. The Kier molecular flexibility index (Phi) is 5.93. The predicted molar refractivity (Wildman–Crippen MR) is 85.2 cm³/mol. The Bertz CT molecular complexity index is 562. The van der Waals surface area contributed by atoms with Crippen LogP contribution in [0.15, 0.2) is 17.5 Å². The smallest absolute Gasteiger partial charge is 0.459 e. The van der Waals surface area contributed by atoms with Crippen LogP contribution in [0, 0.1) is 0 Å². The number of esters is 2. The van der Waals surface area contributed by atoms with Crippen molar-refractivity contribution in [3.8, 4) is 0 Å². The van der Waals surface area contributed by atoms with Crippen molar-refractivity contribution in [3.05, 3.63) is 22.4 Å². The minimum absolute atomic E-state index is 0.438. The Labute approximate surface area is 139 Å². The molecular formula is C16H22O6S. The lowest BCUT2D eigenvalue weighted by atomic mass is 10.1. The Hall–Kier alpha value is -1.89. The summed E-state index contributed by atoms with van der Waals surface area (Å²) in [6.07, 6.45) is -1.15. The van der Waals surface area contributed by atoms with Crippen molar-refractivity contribution in [2.24, 2.45) is 0 Å². The van der Waals surface area contributed by atoms with Crippen molar-refractivity contribution >= 4 is 29.4 Å². The lowest BCUT2D eigenvalue weighted by Crippen LogP contribution is -2.34. The first-order valence-corrected chi connectivity index (χ1v) is 7.98.